The lowest BCUT2D eigenvalue weighted by Crippen LogP contribution is -2.62. The first-order valence-electron chi connectivity index (χ1n) is 21.7. The minimum atomic E-state index is -0.839. The molecule has 3 unspecified atom stereocenters. The second kappa shape index (κ2) is 16.5. The van der Waals surface area contributed by atoms with Crippen molar-refractivity contribution in [1.82, 2.24) is 20.0 Å². The van der Waals surface area contributed by atoms with Crippen LogP contribution in [0.1, 0.15) is 104 Å². The lowest BCUT2D eigenvalue weighted by atomic mass is 9.69. The zero-order valence-corrected chi connectivity index (χ0v) is 34.6. The number of fused-ring (bicyclic) bond motifs is 3. The summed E-state index contributed by atoms with van der Waals surface area (Å²) in [5, 5.41) is 9.70. The van der Waals surface area contributed by atoms with E-state index in [0.29, 0.717) is 61.1 Å². The Hall–Kier alpha value is -5.58. The Bertz CT molecular complexity index is 2310. The number of aliphatic hydroxyl groups excluding tert-OH is 1. The first kappa shape index (κ1) is 39.9. The normalized spacial score (nSPS) is 23.4. The molecular weight excluding hydrogens is 751 g/mol. The number of hydrogen-bond donors (Lipinski definition) is 2. The molecule has 4 aromatic rings. The summed E-state index contributed by atoms with van der Waals surface area (Å²) in [5.74, 6) is -0.301. The van der Waals surface area contributed by atoms with Gasteiger partial charge in [0.1, 0.15) is 6.04 Å². The first-order valence-corrected chi connectivity index (χ1v) is 21.7. The van der Waals surface area contributed by atoms with Gasteiger partial charge < -0.3 is 20.2 Å². The van der Waals surface area contributed by atoms with Crippen LogP contribution in [0.3, 0.4) is 0 Å². The Balaban J connectivity index is 0.00000228. The van der Waals surface area contributed by atoms with Crippen molar-refractivity contribution in [3.63, 3.8) is 0 Å². The molecule has 1 spiro atoms. The summed E-state index contributed by atoms with van der Waals surface area (Å²) in [6.45, 7) is 9.20. The van der Waals surface area contributed by atoms with E-state index in [0.717, 1.165) is 87.8 Å². The maximum absolute atomic E-state index is 13.7. The number of carbonyl (C=O) groups excluding carboxylic acids is 4. The predicted molar refractivity (Wildman–Crippen MR) is 232 cm³/mol. The number of nitrogens with zero attached hydrogens (tertiary/aromatic N) is 4. The molecule has 10 rings (SSSR count). The van der Waals surface area contributed by atoms with Crippen molar-refractivity contribution in [2.75, 3.05) is 51.3 Å². The molecule has 3 fully saturated rings. The molecule has 3 atom stereocenters. The second-order valence-electron chi connectivity index (χ2n) is 17.7. The number of imide groups is 1. The van der Waals surface area contributed by atoms with Gasteiger partial charge in [0.25, 0.3) is 11.8 Å². The summed E-state index contributed by atoms with van der Waals surface area (Å²) in [6.07, 6.45) is 6.93. The average molecular weight is 806 g/mol. The standard InChI is InChI=1S/C49H51N5O4.CH4O/c1-32-13-20-43(46(56)50-32)54-47(57)41-26-36-11-7-23-53(28-37(36)27-42(41)48(54)58)44(55)29-51-30-49(31-51)21-24-52(25-22-49)38-17-14-35(15-18-38)45-39-12-6-5-10-34(39)16-19-40(45)33-8-3-2-4-9-33;1-2/h2-6,8-10,12,14-15,17-18,26-27,40,43,45H,1,7,11,13,16,19-25,28-31H2,(H,50,56);2H,1H3. The van der Waals surface area contributed by atoms with Crippen LogP contribution in [-0.4, -0.2) is 95.9 Å². The Labute approximate surface area is 352 Å². The van der Waals surface area contributed by atoms with Crippen LogP contribution in [0.25, 0.3) is 0 Å². The van der Waals surface area contributed by atoms with Gasteiger partial charge in [-0.3, -0.25) is 29.0 Å². The Morgan fingerprint density at radius 3 is 2.17 bits per heavy atom. The lowest BCUT2D eigenvalue weighted by Gasteiger charge is -2.54. The number of aryl methyl sites for hydroxylation is 2. The second-order valence-corrected chi connectivity index (χ2v) is 17.7. The molecule has 5 aliphatic heterocycles. The fourth-order valence-electron chi connectivity index (χ4n) is 11.0. The number of aliphatic hydroxyl groups is 1. The number of anilines is 1. The van der Waals surface area contributed by atoms with E-state index >= 15 is 0 Å². The maximum Gasteiger partial charge on any atom is 0.262 e. The summed E-state index contributed by atoms with van der Waals surface area (Å²) < 4.78 is 0. The van der Waals surface area contributed by atoms with Gasteiger partial charge in [-0.1, -0.05) is 73.3 Å². The number of allylic oxidation sites excluding steroid dienone is 1. The minimum absolute atomic E-state index is 0.110. The highest BCUT2D eigenvalue weighted by atomic mass is 16.2. The third kappa shape index (κ3) is 7.34. The summed E-state index contributed by atoms with van der Waals surface area (Å²) >= 11 is 0. The third-order valence-electron chi connectivity index (χ3n) is 14.1. The highest BCUT2D eigenvalue weighted by Crippen LogP contribution is 2.47. The van der Waals surface area contributed by atoms with Crippen LogP contribution in [0.2, 0.25) is 0 Å². The number of hydrogen-bond acceptors (Lipinski definition) is 7. The SMILES string of the molecule is C=C1CCC(N2C(=O)c3cc4c(cc3C2=O)CN(C(=O)CN2CC3(CCN(c5ccc(C6c7ccccc7CCC6c6ccccc6)cc5)CC3)C2)CCC4)C(=O)N1.CO. The molecule has 60 heavy (non-hydrogen) atoms. The summed E-state index contributed by atoms with van der Waals surface area (Å²) in [5.41, 5.74) is 10.5. The van der Waals surface area contributed by atoms with Gasteiger partial charge in [0, 0.05) is 63.7 Å². The third-order valence-corrected chi connectivity index (χ3v) is 14.1. The number of piperidine rings is 2. The zero-order chi connectivity index (χ0) is 41.5. The number of likely N-dealkylation sites (tertiary alicyclic amines) is 1. The van der Waals surface area contributed by atoms with Crippen LogP contribution < -0.4 is 10.2 Å². The molecule has 0 aromatic heterocycles. The molecule has 6 aliphatic rings. The van der Waals surface area contributed by atoms with Crippen LogP contribution in [0.5, 0.6) is 0 Å². The molecule has 0 bridgehead atoms. The molecule has 10 nitrogen and oxygen atoms in total. The fraction of sp³-hybridized carbons (Fsp3) is 0.400. The Kier molecular flexibility index (Phi) is 10.9. The topological polar surface area (TPSA) is 114 Å². The summed E-state index contributed by atoms with van der Waals surface area (Å²) in [4.78, 5) is 61.3. The fourth-order valence-corrected chi connectivity index (χ4v) is 11.0. The van der Waals surface area contributed by atoms with E-state index in [1.54, 1.807) is 6.07 Å². The molecular formula is C50H55N5O5. The number of rotatable bonds is 6. The smallest absolute Gasteiger partial charge is 0.262 e. The molecule has 4 amide bonds. The molecule has 5 heterocycles. The van der Waals surface area contributed by atoms with E-state index in [-0.39, 0.29) is 17.2 Å². The van der Waals surface area contributed by atoms with Crippen molar-refractivity contribution in [3.05, 3.63) is 148 Å². The van der Waals surface area contributed by atoms with Gasteiger partial charge in [-0.05, 0) is 120 Å². The highest BCUT2D eigenvalue weighted by Gasteiger charge is 2.47. The van der Waals surface area contributed by atoms with Crippen LogP contribution in [0, 0.1) is 5.41 Å². The number of carbonyl (C=O) groups is 4. The van der Waals surface area contributed by atoms with E-state index in [9.17, 15) is 19.2 Å². The largest absolute Gasteiger partial charge is 0.400 e. The quantitative estimate of drug-likeness (QED) is 0.217. The summed E-state index contributed by atoms with van der Waals surface area (Å²) in [6, 6.07) is 32.2. The summed E-state index contributed by atoms with van der Waals surface area (Å²) in [7, 11) is 1.00. The van der Waals surface area contributed by atoms with Crippen LogP contribution >= 0.6 is 0 Å². The van der Waals surface area contributed by atoms with Gasteiger partial charge in [-0.15, -0.1) is 0 Å². The van der Waals surface area contributed by atoms with Gasteiger partial charge >= 0.3 is 0 Å². The van der Waals surface area contributed by atoms with Gasteiger partial charge in [-0.2, -0.15) is 0 Å². The van der Waals surface area contributed by atoms with E-state index in [2.05, 4.69) is 101 Å². The van der Waals surface area contributed by atoms with Crippen molar-refractivity contribution in [1.29, 1.82) is 0 Å². The van der Waals surface area contributed by atoms with E-state index in [1.165, 1.54) is 27.9 Å². The molecule has 10 heteroatoms. The average Bonchev–Trinajstić information content (AvgIpc) is 3.38. The maximum atomic E-state index is 13.7. The Morgan fingerprint density at radius 2 is 1.45 bits per heavy atom. The lowest BCUT2D eigenvalue weighted by molar-refractivity contribution is -0.137. The Morgan fingerprint density at radius 1 is 0.767 bits per heavy atom. The molecule has 1 aliphatic carbocycles. The van der Waals surface area contributed by atoms with E-state index in [1.807, 2.05) is 11.0 Å². The molecule has 310 valence electrons. The molecule has 0 saturated carbocycles. The van der Waals surface area contributed by atoms with Crippen LogP contribution in [0.4, 0.5) is 5.69 Å². The van der Waals surface area contributed by atoms with Crippen molar-refractivity contribution in [2.45, 2.75) is 75.8 Å². The molecule has 4 aromatic carbocycles. The molecule has 0 radical (unpaired) electrons. The number of amides is 4. The predicted octanol–water partition coefficient (Wildman–Crippen LogP) is 6.42. The zero-order valence-electron chi connectivity index (χ0n) is 34.6. The number of nitrogens with one attached hydrogen (secondary N) is 1. The van der Waals surface area contributed by atoms with Crippen molar-refractivity contribution in [2.24, 2.45) is 5.41 Å². The molecule has 2 N–H and O–H groups in total. The van der Waals surface area contributed by atoms with Crippen molar-refractivity contribution >= 4 is 29.3 Å². The monoisotopic (exact) mass is 805 g/mol. The highest BCUT2D eigenvalue weighted by molar-refractivity contribution is 6.23. The van der Waals surface area contributed by atoms with Gasteiger partial charge in [0.15, 0.2) is 0 Å². The van der Waals surface area contributed by atoms with Crippen molar-refractivity contribution in [3.8, 4) is 0 Å². The van der Waals surface area contributed by atoms with E-state index < -0.39 is 17.9 Å². The molecule has 3 saturated heterocycles. The van der Waals surface area contributed by atoms with Crippen LogP contribution in [-0.2, 0) is 29.0 Å². The first-order chi connectivity index (χ1) is 29.2. The van der Waals surface area contributed by atoms with Crippen LogP contribution in [0.15, 0.2) is 103 Å². The van der Waals surface area contributed by atoms with Gasteiger partial charge in [0.05, 0.1) is 17.7 Å². The minimum Gasteiger partial charge on any atom is -0.400 e. The van der Waals surface area contributed by atoms with Gasteiger partial charge in [-0.25, -0.2) is 0 Å². The van der Waals surface area contributed by atoms with Gasteiger partial charge in [0.2, 0.25) is 11.8 Å². The van der Waals surface area contributed by atoms with Crippen molar-refractivity contribution < 1.29 is 24.3 Å². The van der Waals surface area contributed by atoms with E-state index in [4.69, 9.17) is 5.11 Å². The number of benzene rings is 4.